The van der Waals surface area contributed by atoms with Crippen LogP contribution in [0.3, 0.4) is 0 Å². The minimum atomic E-state index is -1.20. The Balaban J connectivity index is 0.00000256. The molecule has 0 fully saturated rings. The molecule has 1 rings (SSSR count). The Bertz CT molecular complexity index is 354. The van der Waals surface area contributed by atoms with E-state index in [1.807, 2.05) is 30.3 Å². The summed E-state index contributed by atoms with van der Waals surface area (Å²) in [6.07, 6.45) is 0.506. The molecule has 0 aliphatic carbocycles. The second kappa shape index (κ2) is 9.79. The molecule has 0 aliphatic heterocycles. The van der Waals surface area contributed by atoms with Gasteiger partial charge in [-0.15, -0.1) is 0 Å². The van der Waals surface area contributed by atoms with E-state index in [2.05, 4.69) is 5.32 Å². The number of aliphatic carboxylic acids is 1. The summed E-state index contributed by atoms with van der Waals surface area (Å²) in [5, 5.41) is 12.8. The summed E-state index contributed by atoms with van der Waals surface area (Å²) in [5.41, 5.74) is 1.14. The smallest absolute Gasteiger partial charge is 0.550 e. The van der Waals surface area contributed by atoms with E-state index in [4.69, 9.17) is 0 Å². The first-order valence-corrected chi connectivity index (χ1v) is 5.19. The molecule has 1 amide bonds. The first-order valence-electron chi connectivity index (χ1n) is 5.19. The monoisotopic (exact) mass is 259 g/mol. The van der Waals surface area contributed by atoms with Crippen LogP contribution in [-0.4, -0.2) is 18.4 Å². The molecule has 0 aliphatic rings. The third-order valence-corrected chi connectivity index (χ3v) is 2.13. The fourth-order valence-electron chi connectivity index (χ4n) is 1.29. The van der Waals surface area contributed by atoms with Crippen LogP contribution in [0.15, 0.2) is 30.3 Å². The Kier molecular flexibility index (Phi) is 9.67. The largest absolute Gasteiger partial charge is 1.00 e. The summed E-state index contributed by atoms with van der Waals surface area (Å²) in [6.45, 7) is 0.524. The van der Waals surface area contributed by atoms with Crippen molar-refractivity contribution in [3.8, 4) is 0 Å². The van der Waals surface area contributed by atoms with Crippen LogP contribution in [0.4, 0.5) is 0 Å². The zero-order valence-electron chi connectivity index (χ0n) is 9.94. The Hall–Kier alpha value is -0.204. The quantitative estimate of drug-likeness (QED) is 0.550. The molecule has 1 aromatic rings. The molecule has 0 spiro atoms. The fraction of sp³-hybridized carbons (Fsp3) is 0.333. The molecular formula is C12H14KNO3. The summed E-state index contributed by atoms with van der Waals surface area (Å²) in [6, 6.07) is 9.77. The zero-order valence-corrected chi connectivity index (χ0v) is 13.1. The summed E-state index contributed by atoms with van der Waals surface area (Å²) in [5.74, 6) is -1.45. The summed E-state index contributed by atoms with van der Waals surface area (Å²) in [4.78, 5) is 21.2. The van der Waals surface area contributed by atoms with E-state index in [0.29, 0.717) is 6.54 Å². The Morgan fingerprint density at radius 2 is 1.76 bits per heavy atom. The number of nitrogens with one attached hydrogen (secondary N) is 1. The van der Waals surface area contributed by atoms with Crippen molar-refractivity contribution < 1.29 is 66.1 Å². The van der Waals surface area contributed by atoms with Crippen LogP contribution in [0.25, 0.3) is 0 Å². The van der Waals surface area contributed by atoms with Gasteiger partial charge in [0.05, 0.1) is 0 Å². The molecular weight excluding hydrogens is 245 g/mol. The number of amides is 1. The summed E-state index contributed by atoms with van der Waals surface area (Å²) in [7, 11) is 0. The van der Waals surface area contributed by atoms with Crippen molar-refractivity contribution in [2.75, 3.05) is 6.54 Å². The van der Waals surface area contributed by atoms with Gasteiger partial charge >= 0.3 is 51.4 Å². The molecule has 0 unspecified atom stereocenters. The van der Waals surface area contributed by atoms with Gasteiger partial charge in [-0.1, -0.05) is 30.3 Å². The zero-order chi connectivity index (χ0) is 11.8. The van der Waals surface area contributed by atoms with Crippen LogP contribution in [0, 0.1) is 0 Å². The number of carbonyl (C=O) groups is 2. The number of carbonyl (C=O) groups excluding carboxylic acids is 2. The van der Waals surface area contributed by atoms with Crippen LogP contribution in [0.1, 0.15) is 18.4 Å². The Morgan fingerprint density at radius 3 is 2.35 bits per heavy atom. The predicted molar refractivity (Wildman–Crippen MR) is 57.4 cm³/mol. The number of carboxylic acid groups (broad SMARTS) is 1. The van der Waals surface area contributed by atoms with Crippen molar-refractivity contribution in [3.63, 3.8) is 0 Å². The normalized spacial score (nSPS) is 9.18. The molecule has 5 heteroatoms. The maximum Gasteiger partial charge on any atom is 1.00 e. The van der Waals surface area contributed by atoms with Crippen molar-refractivity contribution in [2.45, 2.75) is 19.3 Å². The van der Waals surface area contributed by atoms with Gasteiger partial charge < -0.3 is 15.2 Å². The van der Waals surface area contributed by atoms with Crippen molar-refractivity contribution in [1.82, 2.24) is 5.32 Å². The van der Waals surface area contributed by atoms with E-state index < -0.39 is 5.97 Å². The van der Waals surface area contributed by atoms with Crippen molar-refractivity contribution >= 4 is 11.9 Å². The van der Waals surface area contributed by atoms with Crippen LogP contribution in [0.2, 0.25) is 0 Å². The number of benzene rings is 1. The van der Waals surface area contributed by atoms with Gasteiger partial charge in [0.2, 0.25) is 5.91 Å². The standard InChI is InChI=1S/C12H15NO3.K/c14-11(6-7-12(15)16)13-9-8-10-4-2-1-3-5-10;/h1-5H,6-9H2,(H,13,14)(H,15,16);/q;+1/p-1. The third-order valence-electron chi connectivity index (χ3n) is 2.13. The van der Waals surface area contributed by atoms with Gasteiger partial charge in [0, 0.05) is 18.9 Å². The van der Waals surface area contributed by atoms with E-state index in [9.17, 15) is 14.7 Å². The van der Waals surface area contributed by atoms with Gasteiger partial charge in [-0.2, -0.15) is 0 Å². The topological polar surface area (TPSA) is 69.2 Å². The van der Waals surface area contributed by atoms with Gasteiger partial charge in [-0.05, 0) is 18.4 Å². The molecule has 1 aromatic carbocycles. The minimum Gasteiger partial charge on any atom is -0.550 e. The number of hydrogen-bond donors (Lipinski definition) is 1. The van der Waals surface area contributed by atoms with Gasteiger partial charge in [0.1, 0.15) is 0 Å². The number of hydrogen-bond acceptors (Lipinski definition) is 3. The van der Waals surface area contributed by atoms with Crippen molar-refractivity contribution in [1.29, 1.82) is 0 Å². The second-order valence-electron chi connectivity index (χ2n) is 3.46. The van der Waals surface area contributed by atoms with Gasteiger partial charge in [-0.3, -0.25) is 4.79 Å². The van der Waals surface area contributed by atoms with E-state index in [-0.39, 0.29) is 70.1 Å². The maximum absolute atomic E-state index is 11.1. The number of carboxylic acids is 1. The van der Waals surface area contributed by atoms with E-state index in [1.165, 1.54) is 0 Å². The number of rotatable bonds is 6. The van der Waals surface area contributed by atoms with Crippen molar-refractivity contribution in [2.24, 2.45) is 0 Å². The van der Waals surface area contributed by atoms with Gasteiger partial charge in [0.25, 0.3) is 0 Å². The second-order valence-corrected chi connectivity index (χ2v) is 3.46. The van der Waals surface area contributed by atoms with Crippen molar-refractivity contribution in [3.05, 3.63) is 35.9 Å². The van der Waals surface area contributed by atoms with Crippen LogP contribution < -0.4 is 61.8 Å². The van der Waals surface area contributed by atoms with E-state index >= 15 is 0 Å². The predicted octanol–water partition coefficient (Wildman–Crippen LogP) is -3.12. The molecule has 0 atom stereocenters. The minimum absolute atomic E-state index is 0. The summed E-state index contributed by atoms with van der Waals surface area (Å²) < 4.78 is 0. The molecule has 1 N–H and O–H groups in total. The van der Waals surface area contributed by atoms with Gasteiger partial charge in [0.15, 0.2) is 0 Å². The maximum atomic E-state index is 11.1. The molecule has 0 heterocycles. The fourth-order valence-corrected chi connectivity index (χ4v) is 1.29. The van der Waals surface area contributed by atoms with Gasteiger partial charge in [-0.25, -0.2) is 0 Å². The Labute approximate surface area is 143 Å². The first-order chi connectivity index (χ1) is 7.68. The molecule has 0 saturated carbocycles. The average molecular weight is 259 g/mol. The molecule has 17 heavy (non-hydrogen) atoms. The molecule has 86 valence electrons. The van der Waals surface area contributed by atoms with E-state index in [0.717, 1.165) is 12.0 Å². The summed E-state index contributed by atoms with van der Waals surface area (Å²) >= 11 is 0. The SMILES string of the molecule is O=C([O-])CCC(=O)NCCc1ccccc1.[K+]. The first kappa shape index (κ1) is 16.8. The van der Waals surface area contributed by atoms with Crippen LogP contribution >= 0.6 is 0 Å². The third kappa shape index (κ3) is 8.51. The molecule has 0 bridgehead atoms. The molecule has 0 aromatic heterocycles. The molecule has 0 saturated heterocycles. The molecule has 0 radical (unpaired) electrons. The average Bonchev–Trinajstić information content (AvgIpc) is 2.28. The molecule has 4 nitrogen and oxygen atoms in total. The Morgan fingerprint density at radius 1 is 1.12 bits per heavy atom. The van der Waals surface area contributed by atoms with Crippen LogP contribution in [0.5, 0.6) is 0 Å². The van der Waals surface area contributed by atoms with E-state index in [1.54, 1.807) is 0 Å². The van der Waals surface area contributed by atoms with Crippen LogP contribution in [-0.2, 0) is 16.0 Å².